The van der Waals surface area contributed by atoms with E-state index < -0.39 is 5.54 Å². The zero-order valence-electron chi connectivity index (χ0n) is 18.5. The van der Waals surface area contributed by atoms with Gasteiger partial charge >= 0.3 is 0 Å². The lowest BCUT2D eigenvalue weighted by Gasteiger charge is -2.41. The van der Waals surface area contributed by atoms with Gasteiger partial charge in [0.05, 0.1) is 0 Å². The molecule has 0 unspecified atom stereocenters. The van der Waals surface area contributed by atoms with E-state index in [-0.39, 0.29) is 11.8 Å². The number of amidine groups is 1. The molecular weight excluding hydrogens is 412 g/mol. The number of carbonyl (C=O) groups excluding carboxylic acids is 2. The van der Waals surface area contributed by atoms with Crippen molar-refractivity contribution in [1.82, 2.24) is 14.8 Å². The summed E-state index contributed by atoms with van der Waals surface area (Å²) in [7, 11) is 0. The van der Waals surface area contributed by atoms with Gasteiger partial charge < -0.3 is 9.88 Å². The summed E-state index contributed by atoms with van der Waals surface area (Å²) in [6.45, 7) is 2.18. The predicted octanol–water partition coefficient (Wildman–Crippen LogP) is 3.82. The summed E-state index contributed by atoms with van der Waals surface area (Å²) in [4.78, 5) is 37.5. The van der Waals surface area contributed by atoms with Gasteiger partial charge in [-0.25, -0.2) is 0 Å². The zero-order valence-corrected chi connectivity index (χ0v) is 18.5. The van der Waals surface area contributed by atoms with Crippen molar-refractivity contribution in [3.8, 4) is 11.1 Å². The van der Waals surface area contributed by atoms with Crippen LogP contribution in [0.1, 0.15) is 31.2 Å². The Kier molecular flexibility index (Phi) is 3.93. The number of aromatic amines is 1. The van der Waals surface area contributed by atoms with Crippen molar-refractivity contribution in [2.75, 3.05) is 19.6 Å². The van der Waals surface area contributed by atoms with Crippen LogP contribution in [0.5, 0.6) is 0 Å². The molecular formula is C27H26N4O2. The lowest BCUT2D eigenvalue weighted by Crippen LogP contribution is -2.55. The number of H-pyrrole nitrogens is 1. The fraction of sp³-hybridized carbons (Fsp3) is 0.370. The lowest BCUT2D eigenvalue weighted by atomic mass is 9.97. The summed E-state index contributed by atoms with van der Waals surface area (Å²) in [6, 6.07) is 16.9. The highest BCUT2D eigenvalue weighted by molar-refractivity contribution is 6.16. The molecule has 6 nitrogen and oxygen atoms in total. The molecule has 0 atom stereocenters. The van der Waals surface area contributed by atoms with Crippen LogP contribution in [-0.4, -0.2) is 57.6 Å². The molecule has 0 bridgehead atoms. The number of amides is 2. The average Bonchev–Trinajstić information content (AvgIpc) is 3.72. The van der Waals surface area contributed by atoms with Crippen LogP contribution in [0.25, 0.3) is 22.0 Å². The Bertz CT molecular complexity index is 1310. The lowest BCUT2D eigenvalue weighted by molar-refractivity contribution is -0.139. The third kappa shape index (κ3) is 3.11. The number of aliphatic imine (C=N–C) groups is 1. The molecule has 6 heteroatoms. The summed E-state index contributed by atoms with van der Waals surface area (Å²) in [5.41, 5.74) is 3.92. The van der Waals surface area contributed by atoms with Crippen molar-refractivity contribution in [3.63, 3.8) is 0 Å². The van der Waals surface area contributed by atoms with E-state index in [1.54, 1.807) is 0 Å². The minimum Gasteiger partial charge on any atom is -0.361 e. The molecule has 2 aromatic carbocycles. The molecule has 1 N–H and O–H groups in total. The Morgan fingerprint density at radius 1 is 1.00 bits per heavy atom. The van der Waals surface area contributed by atoms with E-state index in [1.165, 1.54) is 10.9 Å². The van der Waals surface area contributed by atoms with Gasteiger partial charge in [0.2, 0.25) is 5.91 Å². The number of benzene rings is 2. The maximum absolute atomic E-state index is 13.2. The van der Waals surface area contributed by atoms with E-state index in [2.05, 4.69) is 53.5 Å². The number of likely N-dealkylation sites (tertiary alicyclic amines) is 1. The fourth-order valence-electron chi connectivity index (χ4n) is 5.25. The monoisotopic (exact) mass is 438 g/mol. The first-order valence-corrected chi connectivity index (χ1v) is 12.0. The zero-order chi connectivity index (χ0) is 22.2. The molecule has 1 spiro atoms. The Morgan fingerprint density at radius 2 is 1.73 bits per heavy atom. The number of aromatic nitrogens is 1. The molecule has 4 aliphatic rings. The molecule has 1 saturated heterocycles. The first kappa shape index (κ1) is 19.1. The van der Waals surface area contributed by atoms with Gasteiger partial charge in [0.25, 0.3) is 5.91 Å². The second kappa shape index (κ2) is 6.80. The summed E-state index contributed by atoms with van der Waals surface area (Å²) in [6.07, 6.45) is 5.73. The van der Waals surface area contributed by atoms with Crippen molar-refractivity contribution in [2.24, 2.45) is 16.8 Å². The Morgan fingerprint density at radius 3 is 2.45 bits per heavy atom. The molecule has 33 heavy (non-hydrogen) atoms. The Balaban J connectivity index is 1.11. The largest absolute Gasteiger partial charge is 0.361 e. The number of fused-ring (bicyclic) bond motifs is 1. The van der Waals surface area contributed by atoms with Gasteiger partial charge in [-0.2, -0.15) is 0 Å². The van der Waals surface area contributed by atoms with Crippen molar-refractivity contribution < 1.29 is 9.59 Å². The van der Waals surface area contributed by atoms with Gasteiger partial charge in [-0.3, -0.25) is 19.5 Å². The molecule has 3 heterocycles. The normalized spacial score (nSPS) is 21.6. The van der Waals surface area contributed by atoms with E-state index >= 15 is 0 Å². The van der Waals surface area contributed by atoms with Crippen LogP contribution in [0.2, 0.25) is 0 Å². The summed E-state index contributed by atoms with van der Waals surface area (Å²) in [5.74, 6) is 1.86. The van der Waals surface area contributed by atoms with Crippen molar-refractivity contribution in [3.05, 3.63) is 60.3 Å². The predicted molar refractivity (Wildman–Crippen MR) is 127 cm³/mol. The summed E-state index contributed by atoms with van der Waals surface area (Å²) in [5, 5.41) is 1.19. The van der Waals surface area contributed by atoms with E-state index in [1.807, 2.05) is 16.0 Å². The highest BCUT2D eigenvalue weighted by atomic mass is 16.2. The minimum absolute atomic E-state index is 0.145. The van der Waals surface area contributed by atoms with Crippen LogP contribution < -0.4 is 0 Å². The molecule has 3 fully saturated rings. The van der Waals surface area contributed by atoms with Gasteiger partial charge in [0.15, 0.2) is 0 Å². The average molecular weight is 439 g/mol. The van der Waals surface area contributed by atoms with Crippen LogP contribution in [0.3, 0.4) is 0 Å². The summed E-state index contributed by atoms with van der Waals surface area (Å²) < 4.78 is 0. The molecule has 3 aromatic rings. The summed E-state index contributed by atoms with van der Waals surface area (Å²) >= 11 is 0. The van der Waals surface area contributed by atoms with Crippen molar-refractivity contribution >= 4 is 28.6 Å². The second-order valence-electron chi connectivity index (χ2n) is 10.1. The molecule has 1 aromatic heterocycles. The number of hydrogen-bond acceptors (Lipinski definition) is 3. The first-order valence-electron chi connectivity index (χ1n) is 12.0. The Hall–Kier alpha value is -3.41. The van der Waals surface area contributed by atoms with Gasteiger partial charge in [-0.15, -0.1) is 0 Å². The smallest absolute Gasteiger partial charge is 0.256 e. The quantitative estimate of drug-likeness (QED) is 0.658. The minimum atomic E-state index is -0.513. The molecule has 2 amide bonds. The van der Waals surface area contributed by atoms with Crippen molar-refractivity contribution in [2.45, 2.75) is 31.2 Å². The SMILES string of the molecule is O=C(C1CC1)N1CC(CN2C(=O)C3(CC3)N=C2c2ccc(-c3ccc4[nH]ccc4c3)cc2)C1. The molecule has 7 rings (SSSR count). The maximum atomic E-state index is 13.2. The van der Waals surface area contributed by atoms with Crippen LogP contribution in [0.15, 0.2) is 59.7 Å². The molecule has 0 radical (unpaired) electrons. The number of carbonyl (C=O) groups is 2. The van der Waals surface area contributed by atoms with Gasteiger partial charge in [0, 0.05) is 48.7 Å². The molecule has 2 aliphatic heterocycles. The van der Waals surface area contributed by atoms with E-state index in [4.69, 9.17) is 4.99 Å². The fourth-order valence-corrected chi connectivity index (χ4v) is 5.25. The molecule has 2 saturated carbocycles. The molecule has 2 aliphatic carbocycles. The van der Waals surface area contributed by atoms with Crippen LogP contribution in [0.4, 0.5) is 0 Å². The third-order valence-corrected chi connectivity index (χ3v) is 7.61. The van der Waals surface area contributed by atoms with Crippen molar-refractivity contribution in [1.29, 1.82) is 0 Å². The maximum Gasteiger partial charge on any atom is 0.256 e. The van der Waals surface area contributed by atoms with Crippen LogP contribution in [0, 0.1) is 11.8 Å². The van der Waals surface area contributed by atoms with Crippen LogP contribution >= 0.6 is 0 Å². The van der Waals surface area contributed by atoms with Gasteiger partial charge in [0.1, 0.15) is 11.4 Å². The number of rotatable bonds is 5. The van der Waals surface area contributed by atoms with E-state index in [0.29, 0.717) is 18.4 Å². The third-order valence-electron chi connectivity index (χ3n) is 7.61. The highest BCUT2D eigenvalue weighted by Crippen LogP contribution is 2.46. The second-order valence-corrected chi connectivity index (χ2v) is 10.1. The van der Waals surface area contributed by atoms with Gasteiger partial charge in [-0.1, -0.05) is 30.3 Å². The Labute approximate surface area is 192 Å². The van der Waals surface area contributed by atoms with E-state index in [9.17, 15) is 9.59 Å². The standard InChI is InChI=1S/C27H26N4O2/c32-25(20-5-6-20)30-14-17(15-30)16-31-24(29-27(10-11-27)26(31)33)19-3-1-18(2-4-19)21-7-8-23-22(13-21)9-12-28-23/h1-4,7-9,12-13,17,20,28H,5-6,10-11,14-16H2. The first-order chi connectivity index (χ1) is 16.1. The van der Waals surface area contributed by atoms with E-state index in [0.717, 1.165) is 61.3 Å². The number of hydrogen-bond donors (Lipinski definition) is 1. The number of nitrogens with one attached hydrogen (secondary N) is 1. The molecule has 166 valence electrons. The highest BCUT2D eigenvalue weighted by Gasteiger charge is 2.57. The number of nitrogens with zero attached hydrogens (tertiary/aromatic N) is 3. The van der Waals surface area contributed by atoms with Gasteiger partial charge in [-0.05, 0) is 60.4 Å². The topological polar surface area (TPSA) is 68.8 Å². The van der Waals surface area contributed by atoms with Crippen LogP contribution in [-0.2, 0) is 9.59 Å².